The molecule has 0 saturated heterocycles. The number of benzene rings is 1. The summed E-state index contributed by atoms with van der Waals surface area (Å²) < 4.78 is 19.4. The standard InChI is InChI=1S/C16H21FO2/c1-2-11-4-3-7-16(9-11)10-14(18)13-8-12(17)5-6-15(13)19-16/h5-6,8,11,14,18H,2-4,7,9-10H2,1H3/t11?,14-,16?/m1/s1. The van der Waals surface area contributed by atoms with Crippen LogP contribution in [0.15, 0.2) is 18.2 Å². The topological polar surface area (TPSA) is 29.5 Å². The molecule has 1 heterocycles. The van der Waals surface area contributed by atoms with Crippen LogP contribution in [0.5, 0.6) is 5.75 Å². The van der Waals surface area contributed by atoms with E-state index in [4.69, 9.17) is 4.74 Å². The number of hydrogen-bond donors (Lipinski definition) is 1. The second-order valence-corrected chi connectivity index (χ2v) is 6.06. The van der Waals surface area contributed by atoms with Gasteiger partial charge in [-0.3, -0.25) is 0 Å². The zero-order chi connectivity index (χ0) is 13.5. The molecule has 0 radical (unpaired) electrons. The van der Waals surface area contributed by atoms with Crippen LogP contribution in [0.4, 0.5) is 4.39 Å². The SMILES string of the molecule is CCC1CCCC2(C1)C[C@@H](O)c1cc(F)ccc1O2. The van der Waals surface area contributed by atoms with Crippen LogP contribution < -0.4 is 4.74 Å². The van der Waals surface area contributed by atoms with Crippen molar-refractivity contribution in [1.82, 2.24) is 0 Å². The maximum absolute atomic E-state index is 13.3. The van der Waals surface area contributed by atoms with Gasteiger partial charge in [-0.05, 0) is 43.4 Å². The van der Waals surface area contributed by atoms with Crippen molar-refractivity contribution in [1.29, 1.82) is 0 Å². The fourth-order valence-corrected chi connectivity index (χ4v) is 3.68. The number of rotatable bonds is 1. The van der Waals surface area contributed by atoms with Crippen molar-refractivity contribution in [3.8, 4) is 5.75 Å². The minimum atomic E-state index is -0.602. The maximum atomic E-state index is 13.3. The van der Waals surface area contributed by atoms with E-state index in [1.54, 1.807) is 6.07 Å². The van der Waals surface area contributed by atoms with Crippen molar-refractivity contribution in [3.05, 3.63) is 29.6 Å². The summed E-state index contributed by atoms with van der Waals surface area (Å²) in [5.41, 5.74) is 0.368. The lowest BCUT2D eigenvalue weighted by Gasteiger charge is -2.45. The lowest BCUT2D eigenvalue weighted by atomic mass is 9.72. The van der Waals surface area contributed by atoms with Gasteiger partial charge in [0.2, 0.25) is 0 Å². The predicted octanol–water partition coefficient (Wildman–Crippen LogP) is 3.98. The number of fused-ring (bicyclic) bond motifs is 1. The van der Waals surface area contributed by atoms with Crippen molar-refractivity contribution < 1.29 is 14.2 Å². The zero-order valence-corrected chi connectivity index (χ0v) is 11.4. The molecule has 3 heteroatoms. The Morgan fingerprint density at radius 3 is 3.05 bits per heavy atom. The highest BCUT2D eigenvalue weighted by molar-refractivity contribution is 5.38. The van der Waals surface area contributed by atoms with Crippen LogP contribution in [0.3, 0.4) is 0 Å². The lowest BCUT2D eigenvalue weighted by molar-refractivity contribution is -0.0522. The summed E-state index contributed by atoms with van der Waals surface area (Å²) in [5.74, 6) is 1.03. The molecular weight excluding hydrogens is 243 g/mol. The normalized spacial score (nSPS) is 33.8. The average molecular weight is 264 g/mol. The molecule has 1 fully saturated rings. The molecule has 104 valence electrons. The summed E-state index contributed by atoms with van der Waals surface area (Å²) in [6, 6.07) is 4.46. The van der Waals surface area contributed by atoms with E-state index in [0.717, 1.165) is 25.7 Å². The number of aliphatic hydroxyl groups excluding tert-OH is 1. The lowest BCUT2D eigenvalue weighted by Crippen LogP contribution is -2.45. The van der Waals surface area contributed by atoms with E-state index in [9.17, 15) is 9.50 Å². The molecule has 1 aromatic rings. The van der Waals surface area contributed by atoms with Gasteiger partial charge in [0.05, 0.1) is 6.10 Å². The van der Waals surface area contributed by atoms with Gasteiger partial charge in [-0.25, -0.2) is 4.39 Å². The Morgan fingerprint density at radius 1 is 1.42 bits per heavy atom. The first kappa shape index (κ1) is 12.9. The van der Waals surface area contributed by atoms with E-state index in [-0.39, 0.29) is 11.4 Å². The first-order chi connectivity index (χ1) is 9.12. The number of halogens is 1. The van der Waals surface area contributed by atoms with Crippen LogP contribution in [-0.4, -0.2) is 10.7 Å². The molecular formula is C16H21FO2. The largest absolute Gasteiger partial charge is 0.487 e. The van der Waals surface area contributed by atoms with E-state index in [2.05, 4.69) is 6.92 Å². The van der Waals surface area contributed by atoms with Crippen molar-refractivity contribution in [3.63, 3.8) is 0 Å². The third-order valence-electron chi connectivity index (χ3n) is 4.71. The van der Waals surface area contributed by atoms with Crippen LogP contribution in [0, 0.1) is 11.7 Å². The Morgan fingerprint density at radius 2 is 2.26 bits per heavy atom. The highest BCUT2D eigenvalue weighted by atomic mass is 19.1. The number of aliphatic hydroxyl groups is 1. The molecule has 19 heavy (non-hydrogen) atoms. The molecule has 2 unspecified atom stereocenters. The molecule has 3 rings (SSSR count). The third kappa shape index (κ3) is 2.36. The Kier molecular flexibility index (Phi) is 3.25. The van der Waals surface area contributed by atoms with Gasteiger partial charge in [0.25, 0.3) is 0 Å². The molecule has 2 nitrogen and oxygen atoms in total. The van der Waals surface area contributed by atoms with Crippen LogP contribution in [-0.2, 0) is 0 Å². The summed E-state index contributed by atoms with van der Waals surface area (Å²) >= 11 is 0. The third-order valence-corrected chi connectivity index (χ3v) is 4.71. The fraction of sp³-hybridized carbons (Fsp3) is 0.625. The molecule has 0 aromatic heterocycles. The summed E-state index contributed by atoms with van der Waals surface area (Å²) in [4.78, 5) is 0. The molecule has 1 aliphatic heterocycles. The molecule has 1 aromatic carbocycles. The molecule has 1 aliphatic carbocycles. The minimum absolute atomic E-state index is 0.233. The van der Waals surface area contributed by atoms with E-state index >= 15 is 0 Å². The smallest absolute Gasteiger partial charge is 0.126 e. The molecule has 1 N–H and O–H groups in total. The van der Waals surface area contributed by atoms with Crippen molar-refractivity contribution >= 4 is 0 Å². The highest BCUT2D eigenvalue weighted by Gasteiger charge is 2.43. The first-order valence-electron chi connectivity index (χ1n) is 7.28. The van der Waals surface area contributed by atoms with Crippen molar-refractivity contribution in [2.75, 3.05) is 0 Å². The van der Waals surface area contributed by atoms with Crippen LogP contribution in [0.2, 0.25) is 0 Å². The molecule has 3 atom stereocenters. The van der Waals surface area contributed by atoms with Crippen LogP contribution in [0.25, 0.3) is 0 Å². The Labute approximate surface area is 113 Å². The molecule has 1 saturated carbocycles. The van der Waals surface area contributed by atoms with Gasteiger partial charge < -0.3 is 9.84 Å². The van der Waals surface area contributed by atoms with E-state index in [1.807, 2.05) is 0 Å². The van der Waals surface area contributed by atoms with Crippen LogP contribution in [0.1, 0.15) is 57.1 Å². The number of ether oxygens (including phenoxy) is 1. The quantitative estimate of drug-likeness (QED) is 0.831. The zero-order valence-electron chi connectivity index (χ0n) is 11.4. The second-order valence-electron chi connectivity index (χ2n) is 6.06. The second kappa shape index (κ2) is 4.78. The van der Waals surface area contributed by atoms with Gasteiger partial charge in [0.15, 0.2) is 0 Å². The van der Waals surface area contributed by atoms with Crippen LogP contribution >= 0.6 is 0 Å². The fourth-order valence-electron chi connectivity index (χ4n) is 3.68. The molecule has 2 aliphatic rings. The van der Waals surface area contributed by atoms with Gasteiger partial charge >= 0.3 is 0 Å². The Hall–Kier alpha value is -1.09. The highest BCUT2D eigenvalue weighted by Crippen LogP contribution is 2.47. The molecule has 0 bridgehead atoms. The summed E-state index contributed by atoms with van der Waals surface area (Å²) in [7, 11) is 0. The Bertz CT molecular complexity index is 474. The maximum Gasteiger partial charge on any atom is 0.126 e. The minimum Gasteiger partial charge on any atom is -0.487 e. The molecule has 1 spiro atoms. The van der Waals surface area contributed by atoms with E-state index in [0.29, 0.717) is 23.7 Å². The number of hydrogen-bond acceptors (Lipinski definition) is 2. The summed E-state index contributed by atoms with van der Waals surface area (Å²) in [6.07, 6.45) is 5.58. The van der Waals surface area contributed by atoms with E-state index in [1.165, 1.54) is 18.6 Å². The predicted molar refractivity (Wildman–Crippen MR) is 71.6 cm³/mol. The van der Waals surface area contributed by atoms with E-state index < -0.39 is 6.10 Å². The van der Waals surface area contributed by atoms with Gasteiger partial charge in [0.1, 0.15) is 17.2 Å². The molecule has 0 amide bonds. The monoisotopic (exact) mass is 264 g/mol. The van der Waals surface area contributed by atoms with Crippen molar-refractivity contribution in [2.24, 2.45) is 5.92 Å². The van der Waals surface area contributed by atoms with Gasteiger partial charge in [0, 0.05) is 12.0 Å². The van der Waals surface area contributed by atoms with Gasteiger partial charge in [-0.2, -0.15) is 0 Å². The summed E-state index contributed by atoms with van der Waals surface area (Å²) in [6.45, 7) is 2.21. The van der Waals surface area contributed by atoms with Gasteiger partial charge in [-0.1, -0.05) is 19.8 Å². The summed E-state index contributed by atoms with van der Waals surface area (Å²) in [5, 5.41) is 10.3. The Balaban J connectivity index is 1.89. The van der Waals surface area contributed by atoms with Crippen molar-refractivity contribution in [2.45, 2.75) is 57.2 Å². The average Bonchev–Trinajstić information content (AvgIpc) is 2.40. The van der Waals surface area contributed by atoms with Gasteiger partial charge in [-0.15, -0.1) is 0 Å². The first-order valence-corrected chi connectivity index (χ1v) is 7.28.